The van der Waals surface area contributed by atoms with Gasteiger partial charge in [-0.3, -0.25) is 0 Å². The van der Waals surface area contributed by atoms with Gasteiger partial charge in [-0.1, -0.05) is 6.07 Å². The van der Waals surface area contributed by atoms with Gasteiger partial charge in [0.25, 0.3) is 0 Å². The molecule has 0 bridgehead atoms. The monoisotopic (exact) mass is 247 g/mol. The van der Waals surface area contributed by atoms with Gasteiger partial charge < -0.3 is 19.6 Å². The molecular weight excluding hydrogens is 234 g/mol. The van der Waals surface area contributed by atoms with Crippen LogP contribution in [0.2, 0.25) is 0 Å². The second-order valence-electron chi connectivity index (χ2n) is 4.04. The molecule has 2 heterocycles. The van der Waals surface area contributed by atoms with Crippen LogP contribution in [0.1, 0.15) is 23.4 Å². The Morgan fingerprint density at radius 1 is 1.17 bits per heavy atom. The van der Waals surface area contributed by atoms with Crippen LogP contribution in [-0.4, -0.2) is 23.4 Å². The summed E-state index contributed by atoms with van der Waals surface area (Å²) in [5.41, 5.74) is 6.92. The van der Waals surface area contributed by atoms with Gasteiger partial charge in [0.1, 0.15) is 19.3 Å². The zero-order valence-corrected chi connectivity index (χ0v) is 9.92. The number of aryl methyl sites for hydroxylation is 1. The van der Waals surface area contributed by atoms with Crippen molar-refractivity contribution in [3.63, 3.8) is 0 Å². The number of hydrogen-bond donors (Lipinski definition) is 1. The van der Waals surface area contributed by atoms with Crippen molar-refractivity contribution in [2.45, 2.75) is 13.0 Å². The molecule has 1 aliphatic rings. The van der Waals surface area contributed by atoms with Gasteiger partial charge in [0.2, 0.25) is 11.8 Å². The Kier molecular flexibility index (Phi) is 2.64. The van der Waals surface area contributed by atoms with E-state index in [9.17, 15) is 0 Å². The fraction of sp³-hybridized carbons (Fsp3) is 0.333. The molecule has 0 radical (unpaired) electrons. The second kappa shape index (κ2) is 4.30. The fourth-order valence-electron chi connectivity index (χ4n) is 1.83. The number of nitrogens with two attached hydrogens (primary N) is 1. The van der Waals surface area contributed by atoms with Crippen molar-refractivity contribution in [1.82, 2.24) is 10.2 Å². The summed E-state index contributed by atoms with van der Waals surface area (Å²) in [5, 5.41) is 7.69. The van der Waals surface area contributed by atoms with Crippen molar-refractivity contribution >= 4 is 0 Å². The first kappa shape index (κ1) is 11.0. The highest BCUT2D eigenvalue weighted by Crippen LogP contribution is 2.33. The molecule has 6 heteroatoms. The lowest BCUT2D eigenvalue weighted by Crippen LogP contribution is -2.17. The van der Waals surface area contributed by atoms with Gasteiger partial charge in [0.05, 0.1) is 0 Å². The topological polar surface area (TPSA) is 83.4 Å². The zero-order valence-electron chi connectivity index (χ0n) is 9.92. The molecule has 0 saturated carbocycles. The molecular formula is C12H13N3O3. The maximum atomic E-state index is 6.07. The Balaban J connectivity index is 1.92. The lowest BCUT2D eigenvalue weighted by Gasteiger charge is -2.19. The molecule has 0 aliphatic carbocycles. The highest BCUT2D eigenvalue weighted by molar-refractivity contribution is 5.45. The molecule has 1 unspecified atom stereocenters. The summed E-state index contributed by atoms with van der Waals surface area (Å²) in [6.07, 6.45) is 0. The van der Waals surface area contributed by atoms with Crippen molar-refractivity contribution in [2.75, 3.05) is 13.2 Å². The van der Waals surface area contributed by atoms with E-state index in [1.165, 1.54) is 0 Å². The maximum Gasteiger partial charge on any atom is 0.237 e. The summed E-state index contributed by atoms with van der Waals surface area (Å²) in [6.45, 7) is 2.85. The van der Waals surface area contributed by atoms with E-state index in [4.69, 9.17) is 19.6 Å². The number of nitrogens with zero attached hydrogens (tertiary/aromatic N) is 2. The third kappa shape index (κ3) is 1.91. The summed E-state index contributed by atoms with van der Waals surface area (Å²) in [6, 6.07) is 5.10. The van der Waals surface area contributed by atoms with E-state index in [-0.39, 0.29) is 0 Å². The molecule has 1 aliphatic heterocycles. The molecule has 0 saturated heterocycles. The Labute approximate surface area is 104 Å². The number of fused-ring (bicyclic) bond motifs is 1. The largest absolute Gasteiger partial charge is 0.486 e. The summed E-state index contributed by atoms with van der Waals surface area (Å²) in [4.78, 5) is 0. The van der Waals surface area contributed by atoms with Crippen molar-refractivity contribution < 1.29 is 13.9 Å². The molecule has 0 amide bonds. The molecule has 1 aromatic carbocycles. The summed E-state index contributed by atoms with van der Waals surface area (Å²) >= 11 is 0. The van der Waals surface area contributed by atoms with Crippen molar-refractivity contribution in [3.8, 4) is 11.5 Å². The minimum absolute atomic E-state index is 0.393. The molecule has 94 valence electrons. The van der Waals surface area contributed by atoms with E-state index in [2.05, 4.69) is 10.2 Å². The number of benzene rings is 1. The number of hydrogen-bond acceptors (Lipinski definition) is 6. The van der Waals surface area contributed by atoms with Gasteiger partial charge in [-0.25, -0.2) is 0 Å². The van der Waals surface area contributed by atoms with E-state index >= 15 is 0 Å². The van der Waals surface area contributed by atoms with Crippen LogP contribution in [0.15, 0.2) is 22.6 Å². The van der Waals surface area contributed by atoms with Gasteiger partial charge in [0.15, 0.2) is 11.5 Å². The Bertz CT molecular complexity index is 567. The highest BCUT2D eigenvalue weighted by Gasteiger charge is 2.19. The molecule has 2 aromatic rings. The minimum atomic E-state index is -0.456. The first-order valence-electron chi connectivity index (χ1n) is 5.69. The van der Waals surface area contributed by atoms with Gasteiger partial charge in [-0.2, -0.15) is 0 Å². The number of aromatic nitrogens is 2. The van der Waals surface area contributed by atoms with Crippen LogP contribution in [0.3, 0.4) is 0 Å². The maximum absolute atomic E-state index is 6.07. The van der Waals surface area contributed by atoms with Crippen LogP contribution < -0.4 is 15.2 Å². The summed E-state index contributed by atoms with van der Waals surface area (Å²) in [7, 11) is 0. The minimum Gasteiger partial charge on any atom is -0.486 e. The Morgan fingerprint density at radius 2 is 1.94 bits per heavy atom. The zero-order chi connectivity index (χ0) is 12.5. The molecule has 18 heavy (non-hydrogen) atoms. The van der Waals surface area contributed by atoms with Crippen LogP contribution in [-0.2, 0) is 0 Å². The van der Waals surface area contributed by atoms with Gasteiger partial charge in [0, 0.05) is 6.92 Å². The predicted molar refractivity (Wildman–Crippen MR) is 62.5 cm³/mol. The van der Waals surface area contributed by atoms with Crippen molar-refractivity contribution in [1.29, 1.82) is 0 Å². The van der Waals surface area contributed by atoms with Gasteiger partial charge in [-0.05, 0) is 17.7 Å². The third-order valence-electron chi connectivity index (χ3n) is 2.73. The molecule has 6 nitrogen and oxygen atoms in total. The van der Waals surface area contributed by atoms with Gasteiger partial charge in [-0.15, -0.1) is 10.2 Å². The first-order valence-corrected chi connectivity index (χ1v) is 5.69. The first-order chi connectivity index (χ1) is 8.74. The van der Waals surface area contributed by atoms with Crippen molar-refractivity contribution in [2.24, 2.45) is 5.73 Å². The van der Waals surface area contributed by atoms with Crippen LogP contribution in [0, 0.1) is 6.92 Å². The molecule has 2 N–H and O–H groups in total. The standard InChI is InChI=1S/C12H13N3O3/c1-7-14-15-12(18-7)11(13)8-2-3-9-10(6-8)17-5-4-16-9/h2-3,6,11H,4-5,13H2,1H3. The fourth-order valence-corrected chi connectivity index (χ4v) is 1.83. The SMILES string of the molecule is Cc1nnc(C(N)c2ccc3c(c2)OCCO3)o1. The van der Waals surface area contributed by atoms with Crippen LogP contribution >= 0.6 is 0 Å². The second-order valence-corrected chi connectivity index (χ2v) is 4.04. The predicted octanol–water partition coefficient (Wildman–Crippen LogP) is 1.20. The van der Waals surface area contributed by atoms with Crippen LogP contribution in [0.4, 0.5) is 0 Å². The van der Waals surface area contributed by atoms with Crippen LogP contribution in [0.25, 0.3) is 0 Å². The van der Waals surface area contributed by atoms with Gasteiger partial charge >= 0.3 is 0 Å². The lowest BCUT2D eigenvalue weighted by atomic mass is 10.1. The molecule has 0 fully saturated rings. The molecule has 0 spiro atoms. The molecule has 1 atom stereocenters. The average Bonchev–Trinajstić information content (AvgIpc) is 2.84. The Hall–Kier alpha value is -2.08. The summed E-state index contributed by atoms with van der Waals surface area (Å²) in [5.74, 6) is 2.33. The van der Waals surface area contributed by atoms with E-state index in [0.29, 0.717) is 30.7 Å². The van der Waals surface area contributed by atoms with E-state index < -0.39 is 6.04 Å². The number of rotatable bonds is 2. The quantitative estimate of drug-likeness (QED) is 0.858. The average molecular weight is 247 g/mol. The van der Waals surface area contributed by atoms with Crippen LogP contribution in [0.5, 0.6) is 11.5 Å². The van der Waals surface area contributed by atoms with Crippen molar-refractivity contribution in [3.05, 3.63) is 35.5 Å². The molecule has 1 aromatic heterocycles. The normalized spacial score (nSPS) is 15.4. The van der Waals surface area contributed by atoms with E-state index in [1.807, 2.05) is 18.2 Å². The van der Waals surface area contributed by atoms with E-state index in [1.54, 1.807) is 6.92 Å². The van der Waals surface area contributed by atoms with E-state index in [0.717, 1.165) is 11.3 Å². The third-order valence-corrected chi connectivity index (χ3v) is 2.73. The number of ether oxygens (including phenoxy) is 2. The molecule has 3 rings (SSSR count). The summed E-state index contributed by atoms with van der Waals surface area (Å²) < 4.78 is 16.3. The highest BCUT2D eigenvalue weighted by atomic mass is 16.6. The smallest absolute Gasteiger partial charge is 0.237 e. The lowest BCUT2D eigenvalue weighted by molar-refractivity contribution is 0.171. The Morgan fingerprint density at radius 3 is 2.67 bits per heavy atom.